The van der Waals surface area contributed by atoms with E-state index in [4.69, 9.17) is 4.98 Å². The first-order valence-electron chi connectivity index (χ1n) is 9.03. The first-order valence-corrected chi connectivity index (χ1v) is 10.8. The molecule has 0 spiro atoms. The number of nitrogens with zero attached hydrogens (tertiary/aromatic N) is 2. The Bertz CT molecular complexity index is 1060. The zero-order valence-electron chi connectivity index (χ0n) is 15.2. The molecule has 0 aliphatic heterocycles. The quantitative estimate of drug-likeness (QED) is 0.294. The van der Waals surface area contributed by atoms with Gasteiger partial charge in [0.15, 0.2) is 10.9 Å². The molecule has 0 saturated heterocycles. The highest BCUT2D eigenvalue weighted by Gasteiger charge is 2.24. The number of allylic oxidation sites excluding steroid dienone is 1. The van der Waals surface area contributed by atoms with Gasteiger partial charge in [-0.25, -0.2) is 4.98 Å². The molecule has 5 nitrogen and oxygen atoms in total. The lowest BCUT2D eigenvalue weighted by Gasteiger charge is -2.17. The van der Waals surface area contributed by atoms with Crippen molar-refractivity contribution in [1.29, 1.82) is 0 Å². The predicted octanol–water partition coefficient (Wildman–Crippen LogP) is 4.07. The smallest absolute Gasteiger partial charge is 0.263 e. The minimum Gasteiger partial charge on any atom is -0.359 e. The Morgan fingerprint density at radius 1 is 1.56 bits per heavy atom. The van der Waals surface area contributed by atoms with Crippen molar-refractivity contribution in [3.05, 3.63) is 57.5 Å². The lowest BCUT2D eigenvalue weighted by Crippen LogP contribution is -2.24. The number of hydrogen-bond acceptors (Lipinski definition) is 5. The molecule has 0 bridgehead atoms. The van der Waals surface area contributed by atoms with Gasteiger partial charge >= 0.3 is 0 Å². The SMILES string of the molecule is C=CCn1c(SCC(=O)c2ccc[nH]2)nc2sc3c(c2c1=O)CC[C@H](C)C3. The number of aryl methyl sites for hydroxylation is 1. The minimum absolute atomic E-state index is 0.0104. The molecule has 0 unspecified atom stereocenters. The first kappa shape index (κ1) is 18.3. The van der Waals surface area contributed by atoms with Gasteiger partial charge in [-0.3, -0.25) is 14.2 Å². The van der Waals surface area contributed by atoms with Crippen LogP contribution < -0.4 is 5.56 Å². The fourth-order valence-electron chi connectivity index (χ4n) is 3.52. The van der Waals surface area contributed by atoms with Gasteiger partial charge in [0.25, 0.3) is 5.56 Å². The molecule has 3 heterocycles. The average molecular weight is 400 g/mol. The van der Waals surface area contributed by atoms with E-state index in [-0.39, 0.29) is 17.1 Å². The normalized spacial score (nSPS) is 16.4. The van der Waals surface area contributed by atoms with Crippen LogP contribution in [0.25, 0.3) is 10.2 Å². The Labute approximate surface area is 165 Å². The van der Waals surface area contributed by atoms with Gasteiger partial charge in [-0.2, -0.15) is 0 Å². The minimum atomic E-state index is -0.0122. The third-order valence-electron chi connectivity index (χ3n) is 4.92. The Morgan fingerprint density at radius 3 is 3.15 bits per heavy atom. The van der Waals surface area contributed by atoms with Crippen molar-refractivity contribution < 1.29 is 4.79 Å². The molecule has 0 saturated carbocycles. The Kier molecular flexibility index (Phi) is 5.06. The lowest BCUT2D eigenvalue weighted by atomic mass is 9.89. The van der Waals surface area contributed by atoms with Gasteiger partial charge in [0, 0.05) is 17.6 Å². The molecular weight excluding hydrogens is 378 g/mol. The third-order valence-corrected chi connectivity index (χ3v) is 7.05. The van der Waals surface area contributed by atoms with Crippen molar-refractivity contribution in [1.82, 2.24) is 14.5 Å². The molecule has 0 radical (unpaired) electrons. The molecule has 27 heavy (non-hydrogen) atoms. The van der Waals surface area contributed by atoms with Gasteiger partial charge in [-0.15, -0.1) is 17.9 Å². The van der Waals surface area contributed by atoms with Crippen molar-refractivity contribution in [3.8, 4) is 0 Å². The van der Waals surface area contributed by atoms with Crippen LogP contribution in [0.2, 0.25) is 0 Å². The zero-order chi connectivity index (χ0) is 19.0. The summed E-state index contributed by atoms with van der Waals surface area (Å²) < 4.78 is 1.65. The highest BCUT2D eigenvalue weighted by Crippen LogP contribution is 2.36. The topological polar surface area (TPSA) is 67.8 Å². The summed E-state index contributed by atoms with van der Waals surface area (Å²) in [6, 6.07) is 3.55. The molecule has 4 rings (SSSR count). The van der Waals surface area contributed by atoms with Gasteiger partial charge < -0.3 is 4.98 Å². The van der Waals surface area contributed by atoms with E-state index < -0.39 is 0 Å². The molecule has 1 atom stereocenters. The second-order valence-electron chi connectivity index (χ2n) is 6.93. The van der Waals surface area contributed by atoms with Crippen molar-refractivity contribution in [2.75, 3.05) is 5.75 Å². The largest absolute Gasteiger partial charge is 0.359 e. The average Bonchev–Trinajstić information content (AvgIpc) is 3.29. The Hall–Kier alpha value is -2.12. The van der Waals surface area contributed by atoms with Crippen molar-refractivity contribution in [3.63, 3.8) is 0 Å². The summed E-state index contributed by atoms with van der Waals surface area (Å²) in [6.45, 7) is 6.42. The van der Waals surface area contributed by atoms with E-state index in [0.29, 0.717) is 23.3 Å². The number of rotatable bonds is 6. The van der Waals surface area contributed by atoms with Crippen molar-refractivity contribution in [2.45, 2.75) is 37.9 Å². The van der Waals surface area contributed by atoms with E-state index in [1.807, 2.05) is 0 Å². The van der Waals surface area contributed by atoms with Crippen LogP contribution in [0.5, 0.6) is 0 Å². The molecule has 1 N–H and O–H groups in total. The fraction of sp³-hybridized carbons (Fsp3) is 0.350. The van der Waals surface area contributed by atoms with Crippen molar-refractivity contribution >= 4 is 39.1 Å². The molecule has 0 aromatic carbocycles. The summed E-state index contributed by atoms with van der Waals surface area (Å²) >= 11 is 2.95. The van der Waals surface area contributed by atoms with E-state index in [0.717, 1.165) is 29.5 Å². The number of carbonyl (C=O) groups excluding carboxylic acids is 1. The highest BCUT2D eigenvalue weighted by molar-refractivity contribution is 7.99. The van der Waals surface area contributed by atoms with Crippen LogP contribution >= 0.6 is 23.1 Å². The number of thioether (sulfide) groups is 1. The van der Waals surface area contributed by atoms with Gasteiger partial charge in [-0.05, 0) is 42.9 Å². The molecule has 7 heteroatoms. The number of ketones is 1. The number of aromatic nitrogens is 3. The van der Waals surface area contributed by atoms with E-state index in [2.05, 4.69) is 18.5 Å². The van der Waals surface area contributed by atoms with Crippen molar-refractivity contribution in [2.24, 2.45) is 5.92 Å². The number of H-pyrrole nitrogens is 1. The standard InChI is InChI=1S/C20H21N3O2S2/c1-3-9-23-19(25)17-13-7-6-12(2)10-16(13)27-18(17)22-20(23)26-11-15(24)14-5-4-8-21-14/h3-5,8,12,21H,1,6-7,9-11H2,2H3/t12-/m0/s1. The highest BCUT2D eigenvalue weighted by atomic mass is 32.2. The summed E-state index contributed by atoms with van der Waals surface area (Å²) in [5.41, 5.74) is 1.74. The van der Waals surface area contributed by atoms with Crippen LogP contribution in [0.1, 0.15) is 34.3 Å². The number of thiophene rings is 1. The van der Waals surface area contributed by atoms with E-state index in [1.54, 1.807) is 40.3 Å². The van der Waals surface area contributed by atoms with Crippen LogP contribution in [-0.2, 0) is 19.4 Å². The van der Waals surface area contributed by atoms with Gasteiger partial charge in [0.1, 0.15) is 4.83 Å². The fourth-order valence-corrected chi connectivity index (χ4v) is 5.83. The molecular formula is C20H21N3O2S2. The van der Waals surface area contributed by atoms with Crippen LogP contribution in [0, 0.1) is 5.92 Å². The van der Waals surface area contributed by atoms with Crippen LogP contribution in [0.15, 0.2) is 40.9 Å². The summed E-state index contributed by atoms with van der Waals surface area (Å²) in [5.74, 6) is 0.870. The lowest BCUT2D eigenvalue weighted by molar-refractivity contribution is 0.101. The predicted molar refractivity (Wildman–Crippen MR) is 111 cm³/mol. The molecule has 0 amide bonds. The number of Topliss-reactive ketones (excluding diaryl/α,β-unsaturated/α-hetero) is 1. The molecule has 3 aromatic rings. The summed E-state index contributed by atoms with van der Waals surface area (Å²) in [6.07, 6.45) is 6.50. The number of nitrogens with one attached hydrogen (secondary N) is 1. The number of carbonyl (C=O) groups is 1. The second-order valence-corrected chi connectivity index (χ2v) is 8.95. The molecule has 3 aromatic heterocycles. The van der Waals surface area contributed by atoms with Crippen LogP contribution in [0.4, 0.5) is 0 Å². The maximum absolute atomic E-state index is 13.2. The maximum Gasteiger partial charge on any atom is 0.263 e. The van der Waals surface area contributed by atoms with Gasteiger partial charge in [0.05, 0.1) is 16.8 Å². The number of fused-ring (bicyclic) bond motifs is 3. The zero-order valence-corrected chi connectivity index (χ0v) is 16.8. The molecule has 1 aliphatic rings. The van der Waals surface area contributed by atoms with Gasteiger partial charge in [0.2, 0.25) is 0 Å². The number of aromatic amines is 1. The van der Waals surface area contributed by atoms with Gasteiger partial charge in [-0.1, -0.05) is 24.8 Å². The monoisotopic (exact) mass is 399 g/mol. The third kappa shape index (κ3) is 3.41. The Morgan fingerprint density at radius 2 is 2.41 bits per heavy atom. The van der Waals surface area contributed by atoms with E-state index in [9.17, 15) is 9.59 Å². The van der Waals surface area contributed by atoms with E-state index in [1.165, 1.54) is 22.2 Å². The number of hydrogen-bond donors (Lipinski definition) is 1. The molecule has 140 valence electrons. The second kappa shape index (κ2) is 7.48. The molecule has 1 aliphatic carbocycles. The summed E-state index contributed by atoms with van der Waals surface area (Å²) in [7, 11) is 0. The van der Waals surface area contributed by atoms with E-state index >= 15 is 0 Å². The van der Waals surface area contributed by atoms with Crippen LogP contribution in [-0.4, -0.2) is 26.1 Å². The van der Waals surface area contributed by atoms with Crippen LogP contribution in [0.3, 0.4) is 0 Å². The Balaban J connectivity index is 1.73. The summed E-state index contributed by atoms with van der Waals surface area (Å²) in [5, 5.41) is 1.35. The first-order chi connectivity index (χ1) is 13.1. The maximum atomic E-state index is 13.2. The molecule has 0 fully saturated rings. The summed E-state index contributed by atoms with van der Waals surface area (Å²) in [4.78, 5) is 35.3.